The maximum atomic E-state index is 10.8. The largest absolute Gasteiger partial charge is 1.00 e. The molecule has 1 heterocycles. The van der Waals surface area contributed by atoms with Crippen LogP contribution in [0.3, 0.4) is 0 Å². The number of hydrogen-bond donors (Lipinski definition) is 1. The Bertz CT molecular complexity index is 897. The average molecular weight is 434 g/mol. The molecule has 0 bridgehead atoms. The van der Waals surface area contributed by atoms with Crippen LogP contribution in [0.25, 0.3) is 0 Å². The first-order chi connectivity index (χ1) is 12.1. The number of hydrogen-bond acceptors (Lipinski definition) is 6. The zero-order chi connectivity index (χ0) is 17.6. The minimum absolute atomic E-state index is 0. The average Bonchev–Trinajstić information content (AvgIpc) is 3.01. The number of rotatable bonds is 6. The monoisotopic (exact) mass is 433 g/mol. The first-order valence-corrected chi connectivity index (χ1v) is 8.37. The number of nitrogens with one attached hydrogen (secondary N) is 1. The Kier molecular flexibility index (Phi) is 6.93. The van der Waals surface area contributed by atoms with Crippen molar-refractivity contribution in [3.63, 3.8) is 0 Å². The van der Waals surface area contributed by atoms with Gasteiger partial charge in [0.25, 0.3) is 0 Å². The summed E-state index contributed by atoms with van der Waals surface area (Å²) in [6.07, 6.45) is 1.43. The fourth-order valence-corrected chi connectivity index (χ4v) is 2.89. The predicted octanol–water partition coefficient (Wildman–Crippen LogP) is 2.31. The quantitative estimate of drug-likeness (QED) is 0.280. The molecule has 134 valence electrons. The molecule has 26 heavy (non-hydrogen) atoms. The fourth-order valence-electron chi connectivity index (χ4n) is 2.13. The van der Waals surface area contributed by atoms with Gasteiger partial charge in [0, 0.05) is 19.3 Å². The molecule has 0 spiro atoms. The maximum Gasteiger partial charge on any atom is 0.484 e. The molecular formula is C17H16BrN5O2S. The second-order valence-electron chi connectivity index (χ2n) is 5.31. The standard InChI is InChI=1S/C17H16N5O2S.BrH/c1-21-12-16(22(23)24)25-17(21)20-19-15-9-7-14(8-10-15)18-11-13-5-3-2-4-6-13;/h2-10,12,18H,11H2,1H3;1H/q+1;/p-1. The number of anilines is 1. The van der Waals surface area contributed by atoms with Crippen molar-refractivity contribution in [2.24, 2.45) is 17.3 Å². The van der Waals surface area contributed by atoms with Crippen LogP contribution in [0.1, 0.15) is 5.56 Å². The summed E-state index contributed by atoms with van der Waals surface area (Å²) in [5.41, 5.74) is 2.87. The van der Waals surface area contributed by atoms with Gasteiger partial charge < -0.3 is 22.3 Å². The minimum Gasteiger partial charge on any atom is -1.00 e. The van der Waals surface area contributed by atoms with Crippen LogP contribution < -0.4 is 22.3 Å². The Morgan fingerprint density at radius 3 is 2.50 bits per heavy atom. The summed E-state index contributed by atoms with van der Waals surface area (Å²) >= 11 is 0.987. The molecule has 0 aliphatic heterocycles. The summed E-state index contributed by atoms with van der Waals surface area (Å²) in [5, 5.41) is 22.8. The van der Waals surface area contributed by atoms with Crippen molar-refractivity contribution in [1.29, 1.82) is 0 Å². The van der Waals surface area contributed by atoms with E-state index in [0.717, 1.165) is 23.6 Å². The molecule has 0 atom stereocenters. The number of azo groups is 1. The zero-order valence-electron chi connectivity index (χ0n) is 13.9. The lowest BCUT2D eigenvalue weighted by Gasteiger charge is -2.06. The summed E-state index contributed by atoms with van der Waals surface area (Å²) < 4.78 is 1.59. The van der Waals surface area contributed by atoms with Crippen molar-refractivity contribution in [2.75, 3.05) is 5.32 Å². The number of nitrogens with zero attached hydrogens (tertiary/aromatic N) is 4. The van der Waals surface area contributed by atoms with Crippen LogP contribution >= 0.6 is 11.3 Å². The highest BCUT2D eigenvalue weighted by Gasteiger charge is 2.24. The third kappa shape index (κ3) is 5.17. The lowest BCUT2D eigenvalue weighted by atomic mass is 10.2. The van der Waals surface area contributed by atoms with Crippen molar-refractivity contribution in [1.82, 2.24) is 4.57 Å². The van der Waals surface area contributed by atoms with Crippen LogP contribution in [-0.2, 0) is 13.6 Å². The molecule has 0 aliphatic carbocycles. The van der Waals surface area contributed by atoms with Gasteiger partial charge in [-0.2, -0.15) is 0 Å². The Morgan fingerprint density at radius 2 is 1.88 bits per heavy atom. The SMILES string of the molecule is Cn1cc([N+](=O)[O-])s[c+]1N=Nc1ccc(NCc2ccccc2)cc1.[Br-]. The van der Waals surface area contributed by atoms with Gasteiger partial charge in [0.15, 0.2) is 4.92 Å². The van der Waals surface area contributed by atoms with E-state index in [-0.39, 0.29) is 22.0 Å². The zero-order valence-corrected chi connectivity index (χ0v) is 16.3. The molecule has 0 fully saturated rings. The maximum absolute atomic E-state index is 10.8. The molecule has 0 saturated heterocycles. The molecule has 0 aliphatic rings. The van der Waals surface area contributed by atoms with E-state index in [0.29, 0.717) is 10.8 Å². The van der Waals surface area contributed by atoms with Gasteiger partial charge in [-0.15, -0.1) is 5.11 Å². The van der Waals surface area contributed by atoms with Crippen molar-refractivity contribution in [3.05, 3.63) is 76.5 Å². The van der Waals surface area contributed by atoms with Gasteiger partial charge in [-0.3, -0.25) is 0 Å². The first kappa shape index (κ1) is 19.7. The summed E-state index contributed by atoms with van der Waals surface area (Å²) in [6, 6.07) is 17.7. The third-order valence-corrected chi connectivity index (χ3v) is 4.46. The third-order valence-electron chi connectivity index (χ3n) is 3.44. The highest BCUT2D eigenvalue weighted by atomic mass is 79.9. The molecule has 0 radical (unpaired) electrons. The highest BCUT2D eigenvalue weighted by molar-refractivity contribution is 7.18. The summed E-state index contributed by atoms with van der Waals surface area (Å²) in [7, 11) is 1.70. The van der Waals surface area contributed by atoms with Crippen molar-refractivity contribution in [2.45, 2.75) is 6.54 Å². The molecule has 7 nitrogen and oxygen atoms in total. The van der Waals surface area contributed by atoms with Gasteiger partial charge in [0.1, 0.15) is 11.3 Å². The van der Waals surface area contributed by atoms with E-state index < -0.39 is 4.92 Å². The highest BCUT2D eigenvalue weighted by Crippen LogP contribution is 2.31. The fraction of sp³-hybridized carbons (Fsp3) is 0.118. The molecule has 3 rings (SSSR count). The number of aromatic nitrogens is 1. The summed E-state index contributed by atoms with van der Waals surface area (Å²) in [4.78, 5) is 10.3. The number of nitro groups is 1. The van der Waals surface area contributed by atoms with E-state index in [2.05, 4.69) is 27.7 Å². The van der Waals surface area contributed by atoms with Crippen LogP contribution in [-0.4, -0.2) is 9.49 Å². The Labute approximate surface area is 165 Å². The lowest BCUT2D eigenvalue weighted by molar-refractivity contribution is -0.380. The smallest absolute Gasteiger partial charge is 0.484 e. The van der Waals surface area contributed by atoms with E-state index in [1.807, 2.05) is 42.5 Å². The van der Waals surface area contributed by atoms with Gasteiger partial charge >= 0.3 is 10.1 Å². The Hall–Kier alpha value is -2.65. The second-order valence-corrected chi connectivity index (χ2v) is 6.29. The van der Waals surface area contributed by atoms with E-state index in [1.54, 1.807) is 11.6 Å². The Morgan fingerprint density at radius 1 is 1.19 bits per heavy atom. The molecule has 0 unspecified atom stereocenters. The topological polar surface area (TPSA) is 84.8 Å². The molecule has 1 aromatic heterocycles. The van der Waals surface area contributed by atoms with Crippen molar-refractivity contribution in [3.8, 4) is 0 Å². The van der Waals surface area contributed by atoms with Gasteiger partial charge in [-0.05, 0) is 34.9 Å². The van der Waals surface area contributed by atoms with E-state index >= 15 is 0 Å². The van der Waals surface area contributed by atoms with Gasteiger partial charge in [0.2, 0.25) is 6.20 Å². The van der Waals surface area contributed by atoms with Crippen LogP contribution in [0, 0.1) is 10.1 Å². The van der Waals surface area contributed by atoms with Gasteiger partial charge in [-0.25, -0.2) is 14.7 Å². The normalized spacial score (nSPS) is 10.5. The van der Waals surface area contributed by atoms with E-state index in [4.69, 9.17) is 0 Å². The molecular weight excluding hydrogens is 418 g/mol. The van der Waals surface area contributed by atoms with Gasteiger partial charge in [-0.1, -0.05) is 30.3 Å². The summed E-state index contributed by atoms with van der Waals surface area (Å²) in [5.74, 6) is 0. The van der Waals surface area contributed by atoms with E-state index in [1.165, 1.54) is 11.8 Å². The number of aryl methyl sites for hydroxylation is 1. The van der Waals surface area contributed by atoms with Crippen LogP contribution in [0.15, 0.2) is 71.0 Å². The first-order valence-electron chi connectivity index (χ1n) is 7.55. The van der Waals surface area contributed by atoms with Crippen LogP contribution in [0.5, 0.6) is 0 Å². The van der Waals surface area contributed by atoms with Gasteiger partial charge in [0.05, 0.1) is 5.69 Å². The number of thiazole rings is 1. The second kappa shape index (κ2) is 9.16. The van der Waals surface area contributed by atoms with Crippen LogP contribution in [0.2, 0.25) is 0 Å². The molecule has 0 saturated carbocycles. The number of benzene rings is 2. The molecule has 1 N–H and O–H groups in total. The minimum atomic E-state index is -0.434. The lowest BCUT2D eigenvalue weighted by Crippen LogP contribution is -3.00. The van der Waals surface area contributed by atoms with E-state index in [9.17, 15) is 10.1 Å². The summed E-state index contributed by atoms with van der Waals surface area (Å²) in [6.45, 7) is 0.746. The van der Waals surface area contributed by atoms with Crippen molar-refractivity contribution < 1.29 is 21.9 Å². The molecule has 3 aromatic rings. The van der Waals surface area contributed by atoms with Crippen molar-refractivity contribution >= 4 is 32.8 Å². The van der Waals surface area contributed by atoms with Crippen LogP contribution in [0.4, 0.5) is 21.5 Å². The Balaban J connectivity index is 0.00000243. The number of halogens is 1. The molecule has 9 heteroatoms. The molecule has 2 aromatic carbocycles. The predicted molar refractivity (Wildman–Crippen MR) is 98.7 cm³/mol. The molecule has 0 amide bonds.